The fourth-order valence-corrected chi connectivity index (χ4v) is 2.92. The van der Waals surface area contributed by atoms with Crippen molar-refractivity contribution in [2.24, 2.45) is 0 Å². The lowest BCUT2D eigenvalue weighted by Gasteiger charge is -2.06. The van der Waals surface area contributed by atoms with Crippen molar-refractivity contribution in [2.75, 3.05) is 6.61 Å². The SMILES string of the molecule is Cc1oc(-c2ccc(F)cc2)nc1CCOc1ccc(Cn2oc(=O)[nH]c2=O)cc1. The quantitative estimate of drug-likeness (QED) is 0.502. The van der Waals surface area contributed by atoms with Crippen molar-refractivity contribution in [3.63, 3.8) is 0 Å². The first-order valence-electron chi connectivity index (χ1n) is 9.22. The smallest absolute Gasteiger partial charge is 0.440 e. The van der Waals surface area contributed by atoms with Crippen LogP contribution in [0.1, 0.15) is 17.0 Å². The van der Waals surface area contributed by atoms with Gasteiger partial charge in [-0.25, -0.2) is 23.9 Å². The van der Waals surface area contributed by atoms with Crippen molar-refractivity contribution < 1.29 is 18.1 Å². The molecule has 0 atom stereocenters. The molecule has 154 valence electrons. The summed E-state index contributed by atoms with van der Waals surface area (Å²) in [5.41, 5.74) is 1.67. The van der Waals surface area contributed by atoms with Gasteiger partial charge in [0.1, 0.15) is 17.3 Å². The van der Waals surface area contributed by atoms with E-state index in [0.29, 0.717) is 36.0 Å². The zero-order chi connectivity index (χ0) is 21.1. The van der Waals surface area contributed by atoms with Crippen molar-refractivity contribution in [1.82, 2.24) is 14.7 Å². The minimum absolute atomic E-state index is 0.141. The molecule has 0 aliphatic heterocycles. The molecule has 0 fully saturated rings. The minimum Gasteiger partial charge on any atom is -0.493 e. The molecule has 1 N–H and O–H groups in total. The third-order valence-electron chi connectivity index (χ3n) is 4.47. The lowest BCUT2D eigenvalue weighted by atomic mass is 10.2. The zero-order valence-corrected chi connectivity index (χ0v) is 16.1. The number of benzene rings is 2. The van der Waals surface area contributed by atoms with Gasteiger partial charge in [0, 0.05) is 12.0 Å². The highest BCUT2D eigenvalue weighted by molar-refractivity contribution is 5.53. The Bertz CT molecular complexity index is 1250. The molecular weight excluding hydrogens is 393 g/mol. The van der Waals surface area contributed by atoms with Gasteiger partial charge in [0.25, 0.3) is 0 Å². The summed E-state index contributed by atoms with van der Waals surface area (Å²) in [6.07, 6.45) is 0.544. The van der Waals surface area contributed by atoms with E-state index in [1.807, 2.05) is 11.9 Å². The predicted octanol–water partition coefficient (Wildman–Crippen LogP) is 2.90. The fourth-order valence-electron chi connectivity index (χ4n) is 2.92. The Balaban J connectivity index is 1.34. The van der Waals surface area contributed by atoms with Gasteiger partial charge in [0.15, 0.2) is 0 Å². The van der Waals surface area contributed by atoms with Gasteiger partial charge in [-0.15, -0.1) is 4.74 Å². The highest BCUT2D eigenvalue weighted by Gasteiger charge is 2.12. The topological polar surface area (TPSA) is 103 Å². The zero-order valence-electron chi connectivity index (χ0n) is 16.1. The lowest BCUT2D eigenvalue weighted by Crippen LogP contribution is -2.17. The fraction of sp³-hybridized carbons (Fsp3) is 0.190. The van der Waals surface area contributed by atoms with Gasteiger partial charge < -0.3 is 13.7 Å². The van der Waals surface area contributed by atoms with Crippen molar-refractivity contribution in [1.29, 1.82) is 0 Å². The van der Waals surface area contributed by atoms with Gasteiger partial charge in [0.2, 0.25) is 5.89 Å². The largest absolute Gasteiger partial charge is 0.493 e. The van der Waals surface area contributed by atoms with Crippen LogP contribution in [0.5, 0.6) is 5.75 Å². The molecule has 8 nitrogen and oxygen atoms in total. The van der Waals surface area contributed by atoms with E-state index in [1.54, 1.807) is 36.4 Å². The first kappa shape index (κ1) is 19.4. The number of aromatic nitrogens is 3. The molecule has 9 heteroatoms. The normalized spacial score (nSPS) is 11.0. The van der Waals surface area contributed by atoms with Gasteiger partial charge in [0.05, 0.1) is 18.8 Å². The molecule has 30 heavy (non-hydrogen) atoms. The summed E-state index contributed by atoms with van der Waals surface area (Å²) in [6, 6.07) is 13.1. The van der Waals surface area contributed by atoms with E-state index in [9.17, 15) is 14.0 Å². The Morgan fingerprint density at radius 1 is 1.10 bits per heavy atom. The number of oxazole rings is 1. The maximum Gasteiger partial charge on any atom is 0.440 e. The van der Waals surface area contributed by atoms with E-state index in [4.69, 9.17) is 13.7 Å². The van der Waals surface area contributed by atoms with Crippen LogP contribution in [0.4, 0.5) is 4.39 Å². The summed E-state index contributed by atoms with van der Waals surface area (Å²) >= 11 is 0. The Morgan fingerprint density at radius 3 is 2.50 bits per heavy atom. The van der Waals surface area contributed by atoms with Gasteiger partial charge in [-0.2, -0.15) is 0 Å². The first-order chi connectivity index (χ1) is 14.5. The van der Waals surface area contributed by atoms with Crippen LogP contribution in [0.15, 0.2) is 67.1 Å². The van der Waals surface area contributed by atoms with Crippen LogP contribution in [-0.2, 0) is 13.0 Å². The van der Waals surface area contributed by atoms with Crippen LogP contribution in [-0.4, -0.2) is 21.3 Å². The van der Waals surface area contributed by atoms with E-state index in [2.05, 4.69) is 4.98 Å². The summed E-state index contributed by atoms with van der Waals surface area (Å²) in [6.45, 7) is 2.36. The van der Waals surface area contributed by atoms with Gasteiger partial charge in [-0.05, 0) is 48.9 Å². The average molecular weight is 411 g/mol. The van der Waals surface area contributed by atoms with Gasteiger partial charge in [-0.3, -0.25) is 0 Å². The Morgan fingerprint density at radius 2 is 1.83 bits per heavy atom. The van der Waals surface area contributed by atoms with Crippen molar-refractivity contribution in [3.05, 3.63) is 92.4 Å². The number of nitrogens with one attached hydrogen (secondary N) is 1. The summed E-state index contributed by atoms with van der Waals surface area (Å²) in [5.74, 6) is 0.684. The predicted molar refractivity (Wildman–Crippen MR) is 105 cm³/mol. The maximum atomic E-state index is 13.1. The molecule has 0 saturated heterocycles. The Labute approximate surface area is 169 Å². The van der Waals surface area contributed by atoms with E-state index >= 15 is 0 Å². The molecule has 4 aromatic rings. The molecule has 4 rings (SSSR count). The van der Waals surface area contributed by atoms with Crippen LogP contribution < -0.4 is 16.2 Å². The maximum absolute atomic E-state index is 13.1. The summed E-state index contributed by atoms with van der Waals surface area (Å²) in [7, 11) is 0. The number of rotatable bonds is 7. The van der Waals surface area contributed by atoms with Crippen LogP contribution in [0.3, 0.4) is 0 Å². The second-order valence-electron chi connectivity index (χ2n) is 6.62. The molecule has 2 aromatic carbocycles. The van der Waals surface area contributed by atoms with Crippen molar-refractivity contribution in [2.45, 2.75) is 19.9 Å². The molecule has 0 amide bonds. The number of ether oxygens (including phenoxy) is 1. The molecule has 0 radical (unpaired) electrons. The number of halogens is 1. The molecule has 0 saturated carbocycles. The third-order valence-corrected chi connectivity index (χ3v) is 4.47. The van der Waals surface area contributed by atoms with Crippen LogP contribution in [0.25, 0.3) is 11.5 Å². The molecule has 0 aliphatic rings. The van der Waals surface area contributed by atoms with Crippen molar-refractivity contribution >= 4 is 0 Å². The standard InChI is InChI=1S/C21H18FN3O5/c1-13-18(23-19(29-13)15-4-6-16(22)7-5-15)10-11-28-17-8-2-14(3-9-17)12-25-20(26)24-21(27)30-25/h2-9H,10-12H2,1H3,(H,24,26,27). The summed E-state index contributed by atoms with van der Waals surface area (Å²) < 4.78 is 30.2. The van der Waals surface area contributed by atoms with Gasteiger partial charge in [-0.1, -0.05) is 12.1 Å². The molecule has 2 aromatic heterocycles. The molecule has 0 aliphatic carbocycles. The van der Waals surface area contributed by atoms with E-state index < -0.39 is 11.4 Å². The van der Waals surface area contributed by atoms with E-state index in [0.717, 1.165) is 16.0 Å². The highest BCUT2D eigenvalue weighted by Crippen LogP contribution is 2.22. The molecule has 0 unspecified atom stereocenters. The van der Waals surface area contributed by atoms with Crippen molar-refractivity contribution in [3.8, 4) is 17.2 Å². The highest BCUT2D eigenvalue weighted by atomic mass is 19.1. The van der Waals surface area contributed by atoms with Crippen LogP contribution in [0, 0.1) is 12.7 Å². The van der Waals surface area contributed by atoms with Crippen LogP contribution in [0.2, 0.25) is 0 Å². The number of aromatic amines is 1. The molecular formula is C21H18FN3O5. The molecule has 0 spiro atoms. The minimum atomic E-state index is -0.786. The third kappa shape index (κ3) is 4.40. The molecule has 0 bridgehead atoms. The second-order valence-corrected chi connectivity index (χ2v) is 6.62. The Hall–Kier alpha value is -3.88. The average Bonchev–Trinajstić information content (AvgIpc) is 3.25. The number of hydrogen-bond acceptors (Lipinski definition) is 6. The summed E-state index contributed by atoms with van der Waals surface area (Å²) in [5, 5.41) is 0. The van der Waals surface area contributed by atoms with Gasteiger partial charge >= 0.3 is 11.4 Å². The first-order valence-corrected chi connectivity index (χ1v) is 9.22. The van der Waals surface area contributed by atoms with E-state index in [1.165, 1.54) is 12.1 Å². The van der Waals surface area contributed by atoms with Crippen LogP contribution >= 0.6 is 0 Å². The lowest BCUT2D eigenvalue weighted by molar-refractivity contribution is 0.258. The number of aryl methyl sites for hydroxylation is 1. The van der Waals surface area contributed by atoms with E-state index in [-0.39, 0.29) is 12.4 Å². The molecule has 2 heterocycles. The monoisotopic (exact) mass is 411 g/mol. The summed E-state index contributed by atoms with van der Waals surface area (Å²) in [4.78, 5) is 29.0. The Kier molecular flexibility index (Phi) is 5.34. The second kappa shape index (κ2) is 8.24. The number of H-pyrrole nitrogens is 1. The number of nitrogens with zero attached hydrogens (tertiary/aromatic N) is 2. The number of hydrogen-bond donors (Lipinski definition) is 1.